The van der Waals surface area contributed by atoms with E-state index in [4.69, 9.17) is 10.5 Å². The van der Waals surface area contributed by atoms with Gasteiger partial charge < -0.3 is 15.4 Å². The normalized spacial score (nSPS) is 12.2. The smallest absolute Gasteiger partial charge is 0.119 e. The molecule has 0 saturated carbocycles. The van der Waals surface area contributed by atoms with Gasteiger partial charge in [-0.25, -0.2) is 0 Å². The van der Waals surface area contributed by atoms with Crippen molar-refractivity contribution in [1.29, 1.82) is 0 Å². The predicted molar refractivity (Wildman–Crippen MR) is 69.1 cm³/mol. The van der Waals surface area contributed by atoms with Crippen molar-refractivity contribution in [1.82, 2.24) is 0 Å². The van der Waals surface area contributed by atoms with Gasteiger partial charge in [0.15, 0.2) is 0 Å². The van der Waals surface area contributed by atoms with E-state index in [0.717, 1.165) is 18.8 Å². The van der Waals surface area contributed by atoms with Crippen molar-refractivity contribution in [3.8, 4) is 5.75 Å². The SMILES string of the molecule is CCOc1ccc(N(CC)CC(C)N)cc1. The summed E-state index contributed by atoms with van der Waals surface area (Å²) in [6, 6.07) is 8.35. The molecule has 0 bridgehead atoms. The van der Waals surface area contributed by atoms with Crippen molar-refractivity contribution < 1.29 is 4.74 Å². The van der Waals surface area contributed by atoms with Crippen molar-refractivity contribution >= 4 is 5.69 Å². The zero-order chi connectivity index (χ0) is 12.0. The Morgan fingerprint density at radius 2 is 1.88 bits per heavy atom. The van der Waals surface area contributed by atoms with E-state index < -0.39 is 0 Å². The Bertz CT molecular complexity index is 295. The molecule has 90 valence electrons. The van der Waals surface area contributed by atoms with E-state index in [1.165, 1.54) is 5.69 Å². The van der Waals surface area contributed by atoms with E-state index in [-0.39, 0.29) is 6.04 Å². The van der Waals surface area contributed by atoms with Gasteiger partial charge >= 0.3 is 0 Å². The van der Waals surface area contributed by atoms with Gasteiger partial charge in [-0.05, 0) is 45.0 Å². The Morgan fingerprint density at radius 3 is 2.31 bits per heavy atom. The van der Waals surface area contributed by atoms with Crippen molar-refractivity contribution in [3.05, 3.63) is 24.3 Å². The molecule has 0 radical (unpaired) electrons. The maximum atomic E-state index is 5.82. The number of nitrogens with zero attached hydrogens (tertiary/aromatic N) is 1. The average molecular weight is 222 g/mol. The van der Waals surface area contributed by atoms with Gasteiger partial charge in [0.25, 0.3) is 0 Å². The predicted octanol–water partition coefficient (Wildman–Crippen LogP) is 2.26. The van der Waals surface area contributed by atoms with Crippen LogP contribution in [0.5, 0.6) is 5.75 Å². The molecule has 0 fully saturated rings. The first-order valence-electron chi connectivity index (χ1n) is 5.90. The minimum atomic E-state index is 0.187. The van der Waals surface area contributed by atoms with Crippen LogP contribution >= 0.6 is 0 Å². The van der Waals surface area contributed by atoms with E-state index in [2.05, 4.69) is 24.0 Å². The number of ether oxygens (including phenoxy) is 1. The average Bonchev–Trinajstić information content (AvgIpc) is 2.27. The minimum absolute atomic E-state index is 0.187. The highest BCUT2D eigenvalue weighted by atomic mass is 16.5. The number of hydrogen-bond donors (Lipinski definition) is 1. The summed E-state index contributed by atoms with van der Waals surface area (Å²) in [5.74, 6) is 0.920. The van der Waals surface area contributed by atoms with Gasteiger partial charge in [-0.15, -0.1) is 0 Å². The van der Waals surface area contributed by atoms with Crippen LogP contribution in [0.25, 0.3) is 0 Å². The summed E-state index contributed by atoms with van der Waals surface area (Å²) in [6.45, 7) is 8.70. The topological polar surface area (TPSA) is 38.5 Å². The van der Waals surface area contributed by atoms with Crippen LogP contribution in [0, 0.1) is 0 Å². The minimum Gasteiger partial charge on any atom is -0.494 e. The highest BCUT2D eigenvalue weighted by Gasteiger charge is 2.06. The number of likely N-dealkylation sites (N-methyl/N-ethyl adjacent to an activating group) is 1. The molecule has 0 spiro atoms. The second-order valence-corrected chi connectivity index (χ2v) is 3.94. The standard InChI is InChI=1S/C13H22N2O/c1-4-15(10-11(3)14)12-6-8-13(9-7-12)16-5-2/h6-9,11H,4-5,10,14H2,1-3H3. The van der Waals surface area contributed by atoms with Crippen LogP contribution in [0.4, 0.5) is 5.69 Å². The second-order valence-electron chi connectivity index (χ2n) is 3.94. The Morgan fingerprint density at radius 1 is 1.25 bits per heavy atom. The van der Waals surface area contributed by atoms with Crippen LogP contribution in [-0.2, 0) is 0 Å². The van der Waals surface area contributed by atoms with Gasteiger partial charge in [-0.3, -0.25) is 0 Å². The molecule has 3 heteroatoms. The largest absolute Gasteiger partial charge is 0.494 e. The van der Waals surface area contributed by atoms with Gasteiger partial charge in [0.05, 0.1) is 6.61 Å². The summed E-state index contributed by atoms with van der Waals surface area (Å²) >= 11 is 0. The molecule has 0 saturated heterocycles. The molecule has 0 aliphatic rings. The van der Waals surface area contributed by atoms with Gasteiger partial charge in [0.1, 0.15) is 5.75 Å². The molecule has 16 heavy (non-hydrogen) atoms. The molecule has 1 unspecified atom stereocenters. The number of anilines is 1. The molecule has 1 rings (SSSR count). The van der Waals surface area contributed by atoms with E-state index in [1.807, 2.05) is 26.0 Å². The lowest BCUT2D eigenvalue weighted by molar-refractivity contribution is 0.340. The maximum Gasteiger partial charge on any atom is 0.119 e. The van der Waals surface area contributed by atoms with Crippen molar-refractivity contribution in [2.45, 2.75) is 26.8 Å². The number of benzene rings is 1. The van der Waals surface area contributed by atoms with Crippen LogP contribution < -0.4 is 15.4 Å². The third-order valence-corrected chi connectivity index (χ3v) is 2.40. The second kappa shape index (κ2) is 6.38. The van der Waals surface area contributed by atoms with Crippen LogP contribution in [0.1, 0.15) is 20.8 Å². The molecule has 1 aromatic rings. The Hall–Kier alpha value is -1.22. The molecule has 0 heterocycles. The van der Waals surface area contributed by atoms with Crippen LogP contribution in [-0.4, -0.2) is 25.7 Å². The zero-order valence-corrected chi connectivity index (χ0v) is 10.4. The van der Waals surface area contributed by atoms with Crippen molar-refractivity contribution in [2.75, 3.05) is 24.6 Å². The molecule has 0 amide bonds. The fraction of sp³-hybridized carbons (Fsp3) is 0.538. The monoisotopic (exact) mass is 222 g/mol. The zero-order valence-electron chi connectivity index (χ0n) is 10.4. The molecule has 1 atom stereocenters. The summed E-state index contributed by atoms with van der Waals surface area (Å²) in [6.07, 6.45) is 0. The first-order valence-corrected chi connectivity index (χ1v) is 5.90. The summed E-state index contributed by atoms with van der Waals surface area (Å²) < 4.78 is 5.41. The first-order chi connectivity index (χ1) is 7.67. The van der Waals surface area contributed by atoms with Crippen LogP contribution in [0.15, 0.2) is 24.3 Å². The number of hydrogen-bond acceptors (Lipinski definition) is 3. The van der Waals surface area contributed by atoms with Gasteiger partial charge in [0.2, 0.25) is 0 Å². The third-order valence-electron chi connectivity index (χ3n) is 2.40. The lowest BCUT2D eigenvalue weighted by atomic mass is 10.2. The summed E-state index contributed by atoms with van der Waals surface area (Å²) in [5.41, 5.74) is 7.01. The summed E-state index contributed by atoms with van der Waals surface area (Å²) in [4.78, 5) is 2.26. The lowest BCUT2D eigenvalue weighted by Gasteiger charge is -2.25. The van der Waals surface area contributed by atoms with Gasteiger partial charge in [-0.2, -0.15) is 0 Å². The Kier molecular flexibility index (Phi) is 5.12. The maximum absolute atomic E-state index is 5.82. The number of nitrogens with two attached hydrogens (primary N) is 1. The van der Waals surface area contributed by atoms with Crippen molar-refractivity contribution in [2.24, 2.45) is 5.73 Å². The highest BCUT2D eigenvalue weighted by molar-refractivity contribution is 5.49. The fourth-order valence-electron chi connectivity index (χ4n) is 1.68. The highest BCUT2D eigenvalue weighted by Crippen LogP contribution is 2.19. The van der Waals surface area contributed by atoms with Crippen molar-refractivity contribution in [3.63, 3.8) is 0 Å². The molecule has 3 nitrogen and oxygen atoms in total. The quantitative estimate of drug-likeness (QED) is 0.802. The summed E-state index contributed by atoms with van der Waals surface area (Å²) in [7, 11) is 0. The molecular formula is C13H22N2O. The fourth-order valence-corrected chi connectivity index (χ4v) is 1.68. The van der Waals surface area contributed by atoms with Crippen LogP contribution in [0.3, 0.4) is 0 Å². The van der Waals surface area contributed by atoms with E-state index >= 15 is 0 Å². The Balaban J connectivity index is 2.70. The molecule has 1 aromatic carbocycles. The lowest BCUT2D eigenvalue weighted by Crippen LogP contribution is -2.35. The third kappa shape index (κ3) is 3.74. The van der Waals surface area contributed by atoms with Gasteiger partial charge in [0, 0.05) is 24.8 Å². The first kappa shape index (κ1) is 12.8. The van der Waals surface area contributed by atoms with E-state index in [1.54, 1.807) is 0 Å². The molecular weight excluding hydrogens is 200 g/mol. The molecule has 0 aliphatic heterocycles. The summed E-state index contributed by atoms with van der Waals surface area (Å²) in [5, 5.41) is 0. The Labute approximate surface area is 98.2 Å². The van der Waals surface area contributed by atoms with Crippen LogP contribution in [0.2, 0.25) is 0 Å². The van der Waals surface area contributed by atoms with Gasteiger partial charge in [-0.1, -0.05) is 0 Å². The number of rotatable bonds is 6. The molecule has 0 aromatic heterocycles. The van der Waals surface area contributed by atoms with E-state index in [0.29, 0.717) is 6.61 Å². The molecule has 2 N–H and O–H groups in total. The molecule has 0 aliphatic carbocycles. The van der Waals surface area contributed by atoms with E-state index in [9.17, 15) is 0 Å².